The van der Waals surface area contributed by atoms with E-state index in [0.29, 0.717) is 30.0 Å². The van der Waals surface area contributed by atoms with E-state index < -0.39 is 43.4 Å². The summed E-state index contributed by atoms with van der Waals surface area (Å²) in [4.78, 5) is 42.6. The zero-order chi connectivity index (χ0) is 35.4. The second-order valence-electron chi connectivity index (χ2n) is 12.9. The van der Waals surface area contributed by atoms with E-state index in [0.717, 1.165) is 37.7 Å². The monoisotopic (exact) mass is 719 g/mol. The van der Waals surface area contributed by atoms with Crippen LogP contribution < -0.4 is 10.6 Å². The highest BCUT2D eigenvalue weighted by Gasteiger charge is 2.45. The van der Waals surface area contributed by atoms with Crippen molar-refractivity contribution in [1.82, 2.24) is 15.5 Å². The number of carbonyl (C=O) groups is 3. The Labute approximate surface area is 294 Å². The Kier molecular flexibility index (Phi) is 15.0. The van der Waals surface area contributed by atoms with Gasteiger partial charge in [0.2, 0.25) is 11.8 Å². The standard InChI is InChI=1S/C36H51ClN3O8P/c1-4-47-49(45,48-5-2)35(43)32(23-29-19-20-40(34(29)42)25(3)28-16-10-7-11-17-28)38-33(41)31(22-26-13-8-6-9-14-26)39-36(44)46-24-27-15-12-18-30(37)21-27/h7,10-12,15-18,21,25-26,29,31-32,35,43H,4-6,8-9,13-14,19-20,22-24H2,1-3H3,(H,38,41)(H,39,44)/t25?,29?,31-,32-,35?/m0/s1. The normalized spacial score (nSPS) is 19.6. The van der Waals surface area contributed by atoms with Crippen LogP contribution >= 0.6 is 19.2 Å². The second-order valence-corrected chi connectivity index (χ2v) is 15.4. The van der Waals surface area contributed by atoms with Gasteiger partial charge in [-0.15, -0.1) is 0 Å². The molecule has 1 saturated heterocycles. The number of ether oxygens (including phenoxy) is 1. The molecule has 49 heavy (non-hydrogen) atoms. The van der Waals surface area contributed by atoms with Gasteiger partial charge in [0.05, 0.1) is 25.3 Å². The molecule has 0 bridgehead atoms. The molecule has 13 heteroatoms. The Morgan fingerprint density at radius 2 is 1.67 bits per heavy atom. The largest absolute Gasteiger partial charge is 0.445 e. The molecule has 1 saturated carbocycles. The minimum Gasteiger partial charge on any atom is -0.445 e. The van der Waals surface area contributed by atoms with E-state index in [9.17, 15) is 24.1 Å². The highest BCUT2D eigenvalue weighted by Crippen LogP contribution is 2.54. The number of aliphatic hydroxyl groups is 1. The summed E-state index contributed by atoms with van der Waals surface area (Å²) < 4.78 is 30.2. The van der Waals surface area contributed by atoms with E-state index in [-0.39, 0.29) is 44.1 Å². The molecular weight excluding hydrogens is 669 g/mol. The molecule has 3 unspecified atom stereocenters. The van der Waals surface area contributed by atoms with Gasteiger partial charge in [-0.25, -0.2) is 4.79 Å². The van der Waals surface area contributed by atoms with Gasteiger partial charge in [0.1, 0.15) is 12.6 Å². The van der Waals surface area contributed by atoms with Crippen molar-refractivity contribution in [2.75, 3.05) is 19.8 Å². The topological polar surface area (TPSA) is 144 Å². The molecule has 1 aliphatic heterocycles. The molecule has 2 aliphatic rings. The van der Waals surface area contributed by atoms with Gasteiger partial charge < -0.3 is 34.4 Å². The van der Waals surface area contributed by atoms with E-state index in [2.05, 4.69) is 10.6 Å². The third-order valence-corrected chi connectivity index (χ3v) is 11.9. The summed E-state index contributed by atoms with van der Waals surface area (Å²) in [7, 11) is -4.13. The maximum Gasteiger partial charge on any atom is 0.408 e. The summed E-state index contributed by atoms with van der Waals surface area (Å²) in [6, 6.07) is 14.3. The summed E-state index contributed by atoms with van der Waals surface area (Å²) in [5.74, 6) is -2.81. The fourth-order valence-electron chi connectivity index (χ4n) is 6.84. The molecule has 0 radical (unpaired) electrons. The number of hydrogen-bond acceptors (Lipinski definition) is 8. The van der Waals surface area contributed by atoms with Crippen molar-refractivity contribution in [3.8, 4) is 0 Å². The zero-order valence-electron chi connectivity index (χ0n) is 28.7. The van der Waals surface area contributed by atoms with Gasteiger partial charge in [-0.05, 0) is 69.2 Å². The molecule has 11 nitrogen and oxygen atoms in total. The van der Waals surface area contributed by atoms with Crippen LogP contribution in [-0.2, 0) is 34.5 Å². The SMILES string of the molecule is CCOP(=O)(OCC)C(O)[C@H](CC1CCN(C(C)c2ccccc2)C1=O)NC(=O)[C@H](CC1CCCCC1)NC(=O)OCc1cccc(Cl)c1. The van der Waals surface area contributed by atoms with Gasteiger partial charge in [0, 0.05) is 17.5 Å². The van der Waals surface area contributed by atoms with Crippen LogP contribution in [0.2, 0.25) is 5.02 Å². The molecule has 2 aromatic rings. The van der Waals surface area contributed by atoms with Crippen LogP contribution in [0.4, 0.5) is 4.79 Å². The first-order valence-corrected chi connectivity index (χ1v) is 19.4. The minimum absolute atomic E-state index is 0.00322. The van der Waals surface area contributed by atoms with Crippen LogP contribution in [0.15, 0.2) is 54.6 Å². The summed E-state index contributed by atoms with van der Waals surface area (Å²) >= 11 is 6.07. The zero-order valence-corrected chi connectivity index (χ0v) is 30.4. The smallest absolute Gasteiger partial charge is 0.408 e. The highest BCUT2D eigenvalue weighted by atomic mass is 35.5. The van der Waals surface area contributed by atoms with Gasteiger partial charge in [-0.3, -0.25) is 14.2 Å². The predicted octanol–water partition coefficient (Wildman–Crippen LogP) is 6.97. The van der Waals surface area contributed by atoms with E-state index >= 15 is 0 Å². The summed E-state index contributed by atoms with van der Waals surface area (Å²) in [5, 5.41) is 17.7. The third-order valence-electron chi connectivity index (χ3n) is 9.43. The summed E-state index contributed by atoms with van der Waals surface area (Å²) in [6.07, 6.45) is 5.11. The number of aliphatic hydroxyl groups excluding tert-OH is 1. The molecule has 2 aromatic carbocycles. The fourth-order valence-corrected chi connectivity index (χ4v) is 8.79. The number of alkyl carbamates (subject to hydrolysis) is 1. The van der Waals surface area contributed by atoms with Gasteiger partial charge in [0.15, 0.2) is 5.85 Å². The van der Waals surface area contributed by atoms with Crippen LogP contribution in [0.3, 0.4) is 0 Å². The molecule has 5 atom stereocenters. The van der Waals surface area contributed by atoms with Gasteiger partial charge >= 0.3 is 13.7 Å². The van der Waals surface area contributed by atoms with Gasteiger partial charge in [-0.1, -0.05) is 86.2 Å². The van der Waals surface area contributed by atoms with Gasteiger partial charge in [-0.2, -0.15) is 0 Å². The maximum atomic E-state index is 14.1. The van der Waals surface area contributed by atoms with Crippen molar-refractivity contribution in [1.29, 1.82) is 0 Å². The molecule has 4 rings (SSSR count). The molecule has 1 heterocycles. The Morgan fingerprint density at radius 1 is 0.980 bits per heavy atom. The number of hydrogen-bond donors (Lipinski definition) is 3. The number of halogens is 1. The van der Waals surface area contributed by atoms with Crippen LogP contribution in [0.1, 0.15) is 89.3 Å². The quantitative estimate of drug-likeness (QED) is 0.149. The number of carbonyl (C=O) groups excluding carboxylic acids is 3. The molecule has 1 aliphatic carbocycles. The van der Waals surface area contributed by atoms with Crippen LogP contribution in [0, 0.1) is 11.8 Å². The van der Waals surface area contributed by atoms with E-state index in [4.69, 9.17) is 25.4 Å². The van der Waals surface area contributed by atoms with Crippen molar-refractivity contribution >= 4 is 37.1 Å². The molecular formula is C36H51ClN3O8P. The first-order valence-electron chi connectivity index (χ1n) is 17.4. The number of benzene rings is 2. The lowest BCUT2D eigenvalue weighted by Gasteiger charge is -2.33. The molecule has 0 spiro atoms. The Bertz CT molecular complexity index is 1420. The third kappa shape index (κ3) is 11.0. The van der Waals surface area contributed by atoms with Crippen LogP contribution in [0.5, 0.6) is 0 Å². The number of amides is 3. The minimum atomic E-state index is -4.13. The van der Waals surface area contributed by atoms with Gasteiger partial charge in [0.25, 0.3) is 0 Å². The van der Waals surface area contributed by atoms with E-state index in [1.807, 2.05) is 37.3 Å². The van der Waals surface area contributed by atoms with Crippen molar-refractivity contribution in [3.05, 3.63) is 70.7 Å². The average Bonchev–Trinajstić information content (AvgIpc) is 3.46. The average molecular weight is 720 g/mol. The number of likely N-dealkylation sites (tertiary alicyclic amines) is 1. The first-order chi connectivity index (χ1) is 23.5. The highest BCUT2D eigenvalue weighted by molar-refractivity contribution is 7.54. The number of nitrogens with zero attached hydrogens (tertiary/aromatic N) is 1. The summed E-state index contributed by atoms with van der Waals surface area (Å²) in [6.45, 7) is 5.69. The summed E-state index contributed by atoms with van der Waals surface area (Å²) in [5.41, 5.74) is 1.69. The number of nitrogens with one attached hydrogen (secondary N) is 2. The number of rotatable bonds is 17. The van der Waals surface area contributed by atoms with E-state index in [1.54, 1.807) is 43.0 Å². The lowest BCUT2D eigenvalue weighted by molar-refractivity contribution is -0.134. The van der Waals surface area contributed by atoms with Crippen molar-refractivity contribution in [2.24, 2.45) is 11.8 Å². The van der Waals surface area contributed by atoms with Crippen molar-refractivity contribution in [3.63, 3.8) is 0 Å². The molecule has 270 valence electrons. The first kappa shape index (κ1) is 38.8. The van der Waals surface area contributed by atoms with E-state index in [1.165, 1.54) is 0 Å². The fraction of sp³-hybridized carbons (Fsp3) is 0.583. The second kappa shape index (κ2) is 18.9. The van der Waals surface area contributed by atoms with Crippen LogP contribution in [-0.4, -0.2) is 65.6 Å². The predicted molar refractivity (Wildman–Crippen MR) is 188 cm³/mol. The van der Waals surface area contributed by atoms with Crippen LogP contribution in [0.25, 0.3) is 0 Å². The Hall–Kier alpha value is -2.95. The lowest BCUT2D eigenvalue weighted by atomic mass is 9.84. The Balaban J connectivity index is 1.53. The molecule has 2 fully saturated rings. The molecule has 3 N–H and O–H groups in total. The van der Waals surface area contributed by atoms with Crippen molar-refractivity contribution in [2.45, 2.75) is 103 Å². The van der Waals surface area contributed by atoms with Crippen molar-refractivity contribution < 1.29 is 37.8 Å². The maximum absolute atomic E-state index is 14.1. The Morgan fingerprint density at radius 3 is 2.33 bits per heavy atom. The molecule has 0 aromatic heterocycles. The lowest BCUT2D eigenvalue weighted by Crippen LogP contribution is -2.54. The molecule has 3 amide bonds.